The first kappa shape index (κ1) is 16.3. The van der Waals surface area contributed by atoms with Crippen molar-refractivity contribution in [3.05, 3.63) is 72.2 Å². The van der Waals surface area contributed by atoms with Crippen LogP contribution in [0, 0.1) is 5.92 Å². The fourth-order valence-corrected chi connectivity index (χ4v) is 3.27. The number of ether oxygens (including phenoxy) is 1. The van der Waals surface area contributed by atoms with Gasteiger partial charge < -0.3 is 9.64 Å². The van der Waals surface area contributed by atoms with Gasteiger partial charge in [0.2, 0.25) is 5.91 Å². The van der Waals surface area contributed by atoms with Gasteiger partial charge in [0.1, 0.15) is 5.65 Å². The maximum atomic E-state index is 12.3. The lowest BCUT2D eigenvalue weighted by molar-refractivity contribution is -0.128. The molecular formula is C20H19N3O3. The molecule has 0 spiro atoms. The number of rotatable bonds is 5. The quantitative estimate of drug-likeness (QED) is 0.664. The smallest absolute Gasteiger partial charge is 0.356 e. The van der Waals surface area contributed by atoms with Gasteiger partial charge in [-0.05, 0) is 17.7 Å². The summed E-state index contributed by atoms with van der Waals surface area (Å²) in [6.07, 6.45) is 3.70. The van der Waals surface area contributed by atoms with Crippen molar-refractivity contribution in [1.29, 1.82) is 0 Å². The fourth-order valence-electron chi connectivity index (χ4n) is 3.27. The number of imidazole rings is 1. The Bertz CT molecular complexity index is 936. The van der Waals surface area contributed by atoms with Crippen molar-refractivity contribution < 1.29 is 14.3 Å². The van der Waals surface area contributed by atoms with E-state index in [9.17, 15) is 9.59 Å². The molecule has 6 nitrogen and oxygen atoms in total. The Morgan fingerprint density at radius 2 is 1.96 bits per heavy atom. The van der Waals surface area contributed by atoms with Crippen LogP contribution in [-0.2, 0) is 16.1 Å². The Morgan fingerprint density at radius 3 is 2.81 bits per heavy atom. The zero-order valence-electron chi connectivity index (χ0n) is 14.2. The van der Waals surface area contributed by atoms with E-state index in [1.807, 2.05) is 53.4 Å². The standard InChI is InChI=1S/C20H19N3O3/c24-19-10-16(13-22(19)12-15-6-2-1-3-7-15)14-26-20(25)17-11-21-18-8-4-5-9-23(17)18/h1-9,11,16H,10,12-14H2/t16-/m1/s1. The normalized spacial score (nSPS) is 17.0. The fraction of sp³-hybridized carbons (Fsp3) is 0.250. The van der Waals surface area contributed by atoms with E-state index in [2.05, 4.69) is 4.98 Å². The van der Waals surface area contributed by atoms with E-state index in [4.69, 9.17) is 4.74 Å². The lowest BCUT2D eigenvalue weighted by Gasteiger charge is -2.16. The third kappa shape index (κ3) is 3.31. The van der Waals surface area contributed by atoms with Gasteiger partial charge in [0, 0.05) is 31.6 Å². The minimum Gasteiger partial charge on any atom is -0.461 e. The first-order valence-corrected chi connectivity index (χ1v) is 8.61. The highest BCUT2D eigenvalue weighted by molar-refractivity contribution is 5.88. The summed E-state index contributed by atoms with van der Waals surface area (Å²) in [5.74, 6) is -0.295. The third-order valence-electron chi connectivity index (χ3n) is 4.59. The number of carbonyl (C=O) groups excluding carboxylic acids is 2. The molecule has 0 N–H and O–H groups in total. The van der Waals surface area contributed by atoms with E-state index in [-0.39, 0.29) is 18.4 Å². The van der Waals surface area contributed by atoms with E-state index in [0.29, 0.717) is 30.9 Å². The summed E-state index contributed by atoms with van der Waals surface area (Å²) < 4.78 is 7.14. The average Bonchev–Trinajstić information content (AvgIpc) is 3.24. The van der Waals surface area contributed by atoms with Crippen molar-refractivity contribution in [2.75, 3.05) is 13.2 Å². The van der Waals surface area contributed by atoms with Gasteiger partial charge in [-0.2, -0.15) is 0 Å². The molecule has 1 atom stereocenters. The predicted molar refractivity (Wildman–Crippen MR) is 95.4 cm³/mol. The summed E-state index contributed by atoms with van der Waals surface area (Å²) in [6, 6.07) is 15.4. The highest BCUT2D eigenvalue weighted by Crippen LogP contribution is 2.21. The molecule has 1 aliphatic rings. The van der Waals surface area contributed by atoms with Crippen molar-refractivity contribution in [2.45, 2.75) is 13.0 Å². The molecule has 1 fully saturated rings. The van der Waals surface area contributed by atoms with Gasteiger partial charge in [-0.15, -0.1) is 0 Å². The molecule has 3 heterocycles. The second-order valence-corrected chi connectivity index (χ2v) is 6.50. The van der Waals surface area contributed by atoms with Crippen LogP contribution in [0.15, 0.2) is 60.9 Å². The van der Waals surface area contributed by atoms with Crippen LogP contribution in [0.2, 0.25) is 0 Å². The number of likely N-dealkylation sites (tertiary alicyclic amines) is 1. The van der Waals surface area contributed by atoms with Gasteiger partial charge >= 0.3 is 5.97 Å². The molecule has 1 amide bonds. The van der Waals surface area contributed by atoms with Crippen LogP contribution in [0.1, 0.15) is 22.5 Å². The minimum absolute atomic E-state index is 0.0225. The number of fused-ring (bicyclic) bond motifs is 1. The van der Waals surface area contributed by atoms with Crippen LogP contribution in [0.3, 0.4) is 0 Å². The number of hydrogen-bond donors (Lipinski definition) is 0. The Hall–Kier alpha value is -3.15. The van der Waals surface area contributed by atoms with Crippen LogP contribution < -0.4 is 0 Å². The average molecular weight is 349 g/mol. The molecule has 1 aliphatic heterocycles. The lowest BCUT2D eigenvalue weighted by atomic mass is 10.1. The monoisotopic (exact) mass is 349 g/mol. The highest BCUT2D eigenvalue weighted by Gasteiger charge is 2.30. The van der Waals surface area contributed by atoms with E-state index in [0.717, 1.165) is 5.56 Å². The van der Waals surface area contributed by atoms with Crippen molar-refractivity contribution in [3.8, 4) is 0 Å². The second-order valence-electron chi connectivity index (χ2n) is 6.50. The van der Waals surface area contributed by atoms with Crippen LogP contribution in [0.25, 0.3) is 5.65 Å². The molecular weight excluding hydrogens is 330 g/mol. The molecule has 3 aromatic rings. The Kier molecular flexibility index (Phi) is 4.39. The molecule has 0 unspecified atom stereocenters. The molecule has 2 aromatic heterocycles. The maximum absolute atomic E-state index is 12.3. The first-order chi connectivity index (χ1) is 12.7. The molecule has 26 heavy (non-hydrogen) atoms. The molecule has 0 aliphatic carbocycles. The van der Waals surface area contributed by atoms with Crippen LogP contribution in [-0.4, -0.2) is 39.3 Å². The number of carbonyl (C=O) groups is 2. The SMILES string of the molecule is O=C(OC[C@@H]1CC(=O)N(Cc2ccccc2)C1)c1cnc2ccccn12. The second kappa shape index (κ2) is 7.00. The molecule has 0 radical (unpaired) electrons. The number of nitrogens with zero attached hydrogens (tertiary/aromatic N) is 3. The van der Waals surface area contributed by atoms with Gasteiger partial charge in [-0.3, -0.25) is 9.20 Å². The van der Waals surface area contributed by atoms with Gasteiger partial charge in [-0.25, -0.2) is 9.78 Å². The number of aromatic nitrogens is 2. The molecule has 0 saturated carbocycles. The van der Waals surface area contributed by atoms with Gasteiger partial charge in [-0.1, -0.05) is 36.4 Å². The van der Waals surface area contributed by atoms with Gasteiger partial charge in [0.15, 0.2) is 5.69 Å². The van der Waals surface area contributed by atoms with Crippen LogP contribution >= 0.6 is 0 Å². The lowest BCUT2D eigenvalue weighted by Crippen LogP contribution is -2.25. The number of pyridine rings is 1. The molecule has 1 saturated heterocycles. The van der Waals surface area contributed by atoms with Crippen molar-refractivity contribution >= 4 is 17.5 Å². The van der Waals surface area contributed by atoms with Gasteiger partial charge in [0.05, 0.1) is 12.8 Å². The highest BCUT2D eigenvalue weighted by atomic mass is 16.5. The summed E-state index contributed by atoms with van der Waals surface area (Å²) in [5, 5.41) is 0. The largest absolute Gasteiger partial charge is 0.461 e. The molecule has 4 rings (SSSR count). The number of esters is 1. The van der Waals surface area contributed by atoms with Crippen molar-refractivity contribution in [1.82, 2.24) is 14.3 Å². The summed E-state index contributed by atoms with van der Waals surface area (Å²) in [7, 11) is 0. The zero-order chi connectivity index (χ0) is 17.9. The molecule has 6 heteroatoms. The number of benzene rings is 1. The Morgan fingerprint density at radius 1 is 1.15 bits per heavy atom. The van der Waals surface area contributed by atoms with Crippen molar-refractivity contribution in [3.63, 3.8) is 0 Å². The number of amides is 1. The molecule has 1 aromatic carbocycles. The first-order valence-electron chi connectivity index (χ1n) is 8.61. The summed E-state index contributed by atoms with van der Waals surface area (Å²) in [5.41, 5.74) is 2.19. The maximum Gasteiger partial charge on any atom is 0.356 e. The van der Waals surface area contributed by atoms with Crippen LogP contribution in [0.5, 0.6) is 0 Å². The van der Waals surface area contributed by atoms with E-state index in [1.165, 1.54) is 6.20 Å². The van der Waals surface area contributed by atoms with E-state index in [1.54, 1.807) is 10.6 Å². The van der Waals surface area contributed by atoms with E-state index >= 15 is 0 Å². The summed E-state index contributed by atoms with van der Waals surface area (Å²) >= 11 is 0. The third-order valence-corrected chi connectivity index (χ3v) is 4.59. The molecule has 132 valence electrons. The topological polar surface area (TPSA) is 63.9 Å². The summed E-state index contributed by atoms with van der Waals surface area (Å²) in [6.45, 7) is 1.43. The number of hydrogen-bond acceptors (Lipinski definition) is 4. The Balaban J connectivity index is 1.35. The Labute approximate surface area is 151 Å². The summed E-state index contributed by atoms with van der Waals surface area (Å²) in [4.78, 5) is 30.6. The van der Waals surface area contributed by atoms with Crippen molar-refractivity contribution in [2.24, 2.45) is 5.92 Å². The van der Waals surface area contributed by atoms with E-state index < -0.39 is 5.97 Å². The van der Waals surface area contributed by atoms with Gasteiger partial charge in [0.25, 0.3) is 0 Å². The predicted octanol–water partition coefficient (Wildman–Crippen LogP) is 2.54. The molecule has 0 bridgehead atoms. The zero-order valence-corrected chi connectivity index (χ0v) is 14.2. The van der Waals surface area contributed by atoms with Crippen LogP contribution in [0.4, 0.5) is 0 Å². The minimum atomic E-state index is -0.419.